The average molecular weight is 451 g/mol. The fourth-order valence-electron chi connectivity index (χ4n) is 3.12. The molecule has 1 atom stereocenters. The molecule has 134 valence electrons. The summed E-state index contributed by atoms with van der Waals surface area (Å²) in [6, 6.07) is 9.29. The number of amides is 2. The zero-order valence-electron chi connectivity index (χ0n) is 13.6. The standard InChI is InChI=1S/C18H15BrN2O3S2/c19-15-4-3-12(24-15)18(23)20-10-16(22)21-7-5-13-11(6-9-26-13)17(21)14-2-1-8-25-14/h1-4,6,8-9,17H,5,7,10H2,(H,20,23)/t17-/m0/s1. The lowest BCUT2D eigenvalue weighted by atomic mass is 9.98. The van der Waals surface area contributed by atoms with Gasteiger partial charge in [-0.2, -0.15) is 0 Å². The van der Waals surface area contributed by atoms with E-state index in [9.17, 15) is 9.59 Å². The molecule has 8 heteroatoms. The maximum absolute atomic E-state index is 12.9. The van der Waals surface area contributed by atoms with Crippen LogP contribution < -0.4 is 5.32 Å². The molecule has 4 heterocycles. The predicted octanol–water partition coefficient (Wildman–Crippen LogP) is 4.07. The molecule has 0 aliphatic carbocycles. The molecule has 1 aliphatic rings. The molecule has 4 rings (SSSR count). The van der Waals surface area contributed by atoms with Crippen LogP contribution >= 0.6 is 38.6 Å². The van der Waals surface area contributed by atoms with E-state index in [1.165, 1.54) is 10.4 Å². The van der Waals surface area contributed by atoms with Crippen molar-refractivity contribution < 1.29 is 14.0 Å². The molecule has 3 aromatic rings. The van der Waals surface area contributed by atoms with Crippen LogP contribution in [0.25, 0.3) is 0 Å². The summed E-state index contributed by atoms with van der Waals surface area (Å²) in [5, 5.41) is 6.76. The third-order valence-electron chi connectivity index (χ3n) is 4.30. The smallest absolute Gasteiger partial charge is 0.287 e. The van der Waals surface area contributed by atoms with Gasteiger partial charge >= 0.3 is 0 Å². The van der Waals surface area contributed by atoms with Gasteiger partial charge in [0.05, 0.1) is 12.6 Å². The molecule has 0 spiro atoms. The molecule has 0 aromatic carbocycles. The van der Waals surface area contributed by atoms with E-state index >= 15 is 0 Å². The second-order valence-corrected chi connectivity index (χ2v) is 8.60. The minimum Gasteiger partial charge on any atom is -0.444 e. The third-order valence-corrected chi connectivity index (χ3v) is 6.64. The van der Waals surface area contributed by atoms with Crippen molar-refractivity contribution in [3.8, 4) is 0 Å². The van der Waals surface area contributed by atoms with Crippen molar-refractivity contribution in [1.82, 2.24) is 10.2 Å². The summed E-state index contributed by atoms with van der Waals surface area (Å²) in [7, 11) is 0. The number of fused-ring (bicyclic) bond motifs is 1. The van der Waals surface area contributed by atoms with Crippen molar-refractivity contribution in [1.29, 1.82) is 0 Å². The van der Waals surface area contributed by atoms with Crippen LogP contribution in [-0.4, -0.2) is 29.8 Å². The maximum Gasteiger partial charge on any atom is 0.287 e. The molecule has 0 bridgehead atoms. The first-order valence-corrected chi connectivity index (χ1v) is 10.6. The number of hydrogen-bond acceptors (Lipinski definition) is 5. The fourth-order valence-corrected chi connectivity index (χ4v) is 5.18. The SMILES string of the molecule is O=C(NCC(=O)N1CCc2sccc2[C@H]1c1cccs1)c1ccc(Br)o1. The summed E-state index contributed by atoms with van der Waals surface area (Å²) in [5.41, 5.74) is 1.19. The Morgan fingerprint density at radius 3 is 2.85 bits per heavy atom. The van der Waals surface area contributed by atoms with Crippen molar-refractivity contribution in [3.63, 3.8) is 0 Å². The van der Waals surface area contributed by atoms with Crippen LogP contribution in [0.5, 0.6) is 0 Å². The van der Waals surface area contributed by atoms with Crippen LogP contribution in [0.1, 0.15) is 31.9 Å². The van der Waals surface area contributed by atoms with E-state index in [4.69, 9.17) is 4.42 Å². The summed E-state index contributed by atoms with van der Waals surface area (Å²) in [6.45, 7) is 0.593. The minimum atomic E-state index is -0.398. The monoisotopic (exact) mass is 450 g/mol. The average Bonchev–Trinajstić information content (AvgIpc) is 3.38. The Morgan fingerprint density at radius 1 is 1.23 bits per heavy atom. The molecule has 0 saturated carbocycles. The largest absolute Gasteiger partial charge is 0.444 e. The van der Waals surface area contributed by atoms with Gasteiger partial charge in [0.1, 0.15) is 0 Å². The summed E-state index contributed by atoms with van der Waals surface area (Å²) in [4.78, 5) is 29.3. The topological polar surface area (TPSA) is 62.6 Å². The van der Waals surface area contributed by atoms with Gasteiger partial charge in [0.2, 0.25) is 5.91 Å². The Bertz CT molecular complexity index is 932. The number of carbonyl (C=O) groups excluding carboxylic acids is 2. The van der Waals surface area contributed by atoms with E-state index in [2.05, 4.69) is 38.8 Å². The van der Waals surface area contributed by atoms with Crippen LogP contribution in [0.2, 0.25) is 0 Å². The Kier molecular flexibility index (Phi) is 4.97. The Morgan fingerprint density at radius 2 is 2.12 bits per heavy atom. The van der Waals surface area contributed by atoms with E-state index in [1.807, 2.05) is 16.3 Å². The molecule has 0 fully saturated rings. The first kappa shape index (κ1) is 17.5. The van der Waals surface area contributed by atoms with Gasteiger partial charge in [-0.3, -0.25) is 9.59 Å². The van der Waals surface area contributed by atoms with Crippen LogP contribution in [0, 0.1) is 0 Å². The molecule has 3 aromatic heterocycles. The number of furan rings is 1. The Labute approximate surface area is 166 Å². The third kappa shape index (κ3) is 3.36. The van der Waals surface area contributed by atoms with Crippen LogP contribution in [0.3, 0.4) is 0 Å². The minimum absolute atomic E-state index is 0.0570. The van der Waals surface area contributed by atoms with Crippen molar-refractivity contribution in [2.24, 2.45) is 0 Å². The van der Waals surface area contributed by atoms with Gasteiger partial charge in [-0.15, -0.1) is 22.7 Å². The number of hydrogen-bond donors (Lipinski definition) is 1. The van der Waals surface area contributed by atoms with Gasteiger partial charge in [0, 0.05) is 16.3 Å². The van der Waals surface area contributed by atoms with Gasteiger partial charge in [-0.1, -0.05) is 6.07 Å². The molecule has 0 saturated heterocycles. The molecule has 26 heavy (non-hydrogen) atoms. The first-order valence-electron chi connectivity index (χ1n) is 8.06. The first-order chi connectivity index (χ1) is 12.6. The molecular formula is C18H15BrN2O3S2. The van der Waals surface area contributed by atoms with Crippen molar-refractivity contribution in [2.75, 3.05) is 13.1 Å². The fraction of sp³-hybridized carbons (Fsp3) is 0.222. The Balaban J connectivity index is 1.50. The van der Waals surface area contributed by atoms with Crippen molar-refractivity contribution >= 4 is 50.4 Å². The summed E-state index contributed by atoms with van der Waals surface area (Å²) < 4.78 is 5.70. The highest BCUT2D eigenvalue weighted by Crippen LogP contribution is 2.39. The van der Waals surface area contributed by atoms with E-state index in [1.54, 1.807) is 34.8 Å². The molecular weight excluding hydrogens is 436 g/mol. The van der Waals surface area contributed by atoms with Gasteiger partial charge < -0.3 is 14.6 Å². The maximum atomic E-state index is 12.9. The zero-order chi connectivity index (χ0) is 18.1. The quantitative estimate of drug-likeness (QED) is 0.651. The van der Waals surface area contributed by atoms with Crippen LogP contribution in [0.15, 0.2) is 50.2 Å². The number of thiophene rings is 2. The van der Waals surface area contributed by atoms with E-state index in [0.717, 1.165) is 11.3 Å². The van der Waals surface area contributed by atoms with E-state index in [-0.39, 0.29) is 24.3 Å². The van der Waals surface area contributed by atoms with Gasteiger partial charge in [-0.05, 0) is 62.9 Å². The lowest BCUT2D eigenvalue weighted by Crippen LogP contribution is -2.45. The highest BCUT2D eigenvalue weighted by Gasteiger charge is 2.33. The van der Waals surface area contributed by atoms with E-state index < -0.39 is 5.91 Å². The molecule has 0 radical (unpaired) electrons. The number of carbonyl (C=O) groups is 2. The van der Waals surface area contributed by atoms with Crippen molar-refractivity contribution in [3.05, 3.63) is 66.8 Å². The molecule has 2 amide bonds. The Hall–Kier alpha value is -1.90. The van der Waals surface area contributed by atoms with Crippen LogP contribution in [0.4, 0.5) is 0 Å². The lowest BCUT2D eigenvalue weighted by molar-refractivity contribution is -0.132. The summed E-state index contributed by atoms with van der Waals surface area (Å²) >= 11 is 6.55. The second kappa shape index (κ2) is 7.38. The second-order valence-electron chi connectivity index (χ2n) is 5.84. The van der Waals surface area contributed by atoms with Crippen LogP contribution in [-0.2, 0) is 11.2 Å². The van der Waals surface area contributed by atoms with Gasteiger partial charge in [-0.25, -0.2) is 0 Å². The zero-order valence-corrected chi connectivity index (χ0v) is 16.8. The molecule has 0 unspecified atom stereocenters. The highest BCUT2D eigenvalue weighted by molar-refractivity contribution is 9.10. The summed E-state index contributed by atoms with van der Waals surface area (Å²) in [6.07, 6.45) is 0.847. The molecule has 1 aliphatic heterocycles. The highest BCUT2D eigenvalue weighted by atomic mass is 79.9. The molecule has 1 N–H and O–H groups in total. The van der Waals surface area contributed by atoms with Crippen molar-refractivity contribution in [2.45, 2.75) is 12.5 Å². The number of rotatable bonds is 4. The van der Waals surface area contributed by atoms with Gasteiger partial charge in [0.15, 0.2) is 10.4 Å². The normalized spacial score (nSPS) is 16.3. The summed E-state index contributed by atoms with van der Waals surface area (Å²) in [5.74, 6) is -0.317. The number of nitrogens with one attached hydrogen (secondary N) is 1. The number of halogens is 1. The predicted molar refractivity (Wildman–Crippen MR) is 105 cm³/mol. The molecule has 5 nitrogen and oxygen atoms in total. The number of nitrogens with zero attached hydrogens (tertiary/aromatic N) is 1. The van der Waals surface area contributed by atoms with Gasteiger partial charge in [0.25, 0.3) is 5.91 Å². The van der Waals surface area contributed by atoms with E-state index in [0.29, 0.717) is 11.2 Å². The lowest BCUT2D eigenvalue weighted by Gasteiger charge is -2.35.